The molecule has 0 spiro atoms. The lowest BCUT2D eigenvalue weighted by molar-refractivity contribution is 0.0999. The Balaban J connectivity index is 2.56. The molecule has 0 aliphatic heterocycles. The largest absolute Gasteiger partial charge is 0.366 e. The maximum atomic E-state index is 10.9. The molecule has 2 N–H and O–H groups in total. The molecule has 0 saturated carbocycles. The zero-order valence-corrected chi connectivity index (χ0v) is 6.58. The molecule has 0 unspecified atom stereocenters. The lowest BCUT2D eigenvalue weighted by atomic mass is 10.1. The number of hydrogen-bond acceptors (Lipinski definition) is 3. The van der Waals surface area contributed by atoms with Crippen LogP contribution in [0.15, 0.2) is 6.20 Å². The second kappa shape index (κ2) is 2.55. The van der Waals surface area contributed by atoms with Crippen LogP contribution in [0.2, 0.25) is 0 Å². The summed E-state index contributed by atoms with van der Waals surface area (Å²) in [6, 6.07) is 0. The Bertz CT molecular complexity index is 335. The summed E-state index contributed by atoms with van der Waals surface area (Å²) in [4.78, 5) is 10.9. The summed E-state index contributed by atoms with van der Waals surface area (Å²) in [5, 5.41) is 7.67. The van der Waals surface area contributed by atoms with E-state index in [9.17, 15) is 4.79 Å². The van der Waals surface area contributed by atoms with E-state index in [-0.39, 0.29) is 0 Å². The van der Waals surface area contributed by atoms with Gasteiger partial charge in [-0.05, 0) is 24.8 Å². The zero-order chi connectivity index (χ0) is 8.55. The molecule has 1 aromatic heterocycles. The molecule has 0 bridgehead atoms. The first kappa shape index (κ1) is 7.21. The van der Waals surface area contributed by atoms with Crippen molar-refractivity contribution in [2.24, 2.45) is 5.73 Å². The van der Waals surface area contributed by atoms with Gasteiger partial charge in [-0.1, -0.05) is 0 Å². The van der Waals surface area contributed by atoms with Crippen LogP contribution in [0.3, 0.4) is 0 Å². The lowest BCUT2D eigenvalue weighted by Gasteiger charge is -2.00. The Kier molecular flexibility index (Phi) is 1.53. The first-order valence-electron chi connectivity index (χ1n) is 3.92. The van der Waals surface area contributed by atoms with Crippen LogP contribution in [0.4, 0.5) is 0 Å². The third-order valence-electron chi connectivity index (χ3n) is 2.14. The number of nitrogens with zero attached hydrogens (tertiary/aromatic N) is 2. The number of primary amides is 1. The monoisotopic (exact) mass is 163 g/mol. The van der Waals surface area contributed by atoms with E-state index in [0.29, 0.717) is 5.56 Å². The molecule has 0 radical (unpaired) electrons. The number of amides is 1. The van der Waals surface area contributed by atoms with Gasteiger partial charge in [-0.25, -0.2) is 0 Å². The number of carbonyl (C=O) groups excluding carboxylic acids is 1. The second-order valence-corrected chi connectivity index (χ2v) is 2.90. The number of nitrogens with two attached hydrogens (primary N) is 1. The van der Waals surface area contributed by atoms with E-state index in [0.717, 1.165) is 30.5 Å². The van der Waals surface area contributed by atoms with Gasteiger partial charge in [0.2, 0.25) is 0 Å². The van der Waals surface area contributed by atoms with Crippen LogP contribution in [0.5, 0.6) is 0 Å². The molecule has 0 aromatic carbocycles. The van der Waals surface area contributed by atoms with Gasteiger partial charge in [-0.3, -0.25) is 4.79 Å². The van der Waals surface area contributed by atoms with Crippen molar-refractivity contribution in [1.29, 1.82) is 0 Å². The number of aromatic nitrogens is 2. The fourth-order valence-corrected chi connectivity index (χ4v) is 1.57. The highest BCUT2D eigenvalue weighted by atomic mass is 16.1. The van der Waals surface area contributed by atoms with Crippen molar-refractivity contribution in [3.63, 3.8) is 0 Å². The summed E-state index contributed by atoms with van der Waals surface area (Å²) in [6.45, 7) is 0. The van der Waals surface area contributed by atoms with Gasteiger partial charge in [0.25, 0.3) is 5.91 Å². The highest BCUT2D eigenvalue weighted by Gasteiger charge is 2.18. The molecule has 62 valence electrons. The van der Waals surface area contributed by atoms with Crippen molar-refractivity contribution in [2.45, 2.75) is 19.3 Å². The highest BCUT2D eigenvalue weighted by molar-refractivity contribution is 5.94. The number of carbonyl (C=O) groups is 1. The Labute approximate surface area is 69.8 Å². The zero-order valence-electron chi connectivity index (χ0n) is 6.58. The van der Waals surface area contributed by atoms with Gasteiger partial charge in [0.05, 0.1) is 17.5 Å². The molecule has 1 aliphatic rings. The average Bonchev–Trinajstić information content (AvgIpc) is 2.49. The van der Waals surface area contributed by atoms with Gasteiger partial charge in [0, 0.05) is 0 Å². The van der Waals surface area contributed by atoms with E-state index < -0.39 is 5.91 Å². The summed E-state index contributed by atoms with van der Waals surface area (Å²) >= 11 is 0. The predicted octanol–water partition coefficient (Wildman–Crippen LogP) is 0.0642. The maximum Gasteiger partial charge on any atom is 0.250 e. The molecule has 1 heterocycles. The van der Waals surface area contributed by atoms with Gasteiger partial charge >= 0.3 is 0 Å². The summed E-state index contributed by atoms with van der Waals surface area (Å²) in [7, 11) is 0. The molecule has 0 saturated heterocycles. The van der Waals surface area contributed by atoms with E-state index in [2.05, 4.69) is 10.2 Å². The maximum absolute atomic E-state index is 10.9. The Morgan fingerprint density at radius 3 is 3.08 bits per heavy atom. The quantitative estimate of drug-likeness (QED) is 0.636. The normalized spacial score (nSPS) is 14.3. The van der Waals surface area contributed by atoms with Gasteiger partial charge in [0.15, 0.2) is 0 Å². The third kappa shape index (κ3) is 0.958. The SMILES string of the molecule is NC(=O)c1cnnc2c1CCC2. The van der Waals surface area contributed by atoms with Crippen LogP contribution in [-0.2, 0) is 12.8 Å². The average molecular weight is 163 g/mol. The van der Waals surface area contributed by atoms with Crippen molar-refractivity contribution in [3.8, 4) is 0 Å². The molecule has 1 amide bonds. The van der Waals surface area contributed by atoms with E-state index in [4.69, 9.17) is 5.73 Å². The Morgan fingerprint density at radius 2 is 2.33 bits per heavy atom. The van der Waals surface area contributed by atoms with Crippen LogP contribution >= 0.6 is 0 Å². The summed E-state index contributed by atoms with van der Waals surface area (Å²) < 4.78 is 0. The van der Waals surface area contributed by atoms with E-state index >= 15 is 0 Å². The molecule has 4 heteroatoms. The van der Waals surface area contributed by atoms with Crippen molar-refractivity contribution in [3.05, 3.63) is 23.0 Å². The minimum absolute atomic E-state index is 0.400. The second-order valence-electron chi connectivity index (χ2n) is 2.90. The van der Waals surface area contributed by atoms with Crippen LogP contribution in [0.25, 0.3) is 0 Å². The number of rotatable bonds is 1. The van der Waals surface area contributed by atoms with Crippen molar-refractivity contribution < 1.29 is 4.79 Å². The third-order valence-corrected chi connectivity index (χ3v) is 2.14. The molecular weight excluding hydrogens is 154 g/mol. The minimum atomic E-state index is -0.400. The fraction of sp³-hybridized carbons (Fsp3) is 0.375. The number of aryl methyl sites for hydroxylation is 1. The van der Waals surface area contributed by atoms with E-state index in [1.54, 1.807) is 0 Å². The highest BCUT2D eigenvalue weighted by Crippen LogP contribution is 2.21. The molecular formula is C8H9N3O. The van der Waals surface area contributed by atoms with Gasteiger partial charge in [-0.2, -0.15) is 10.2 Å². The molecule has 0 fully saturated rings. The minimum Gasteiger partial charge on any atom is -0.366 e. The number of hydrogen-bond donors (Lipinski definition) is 1. The van der Waals surface area contributed by atoms with E-state index in [1.165, 1.54) is 6.20 Å². The molecule has 0 atom stereocenters. The van der Waals surface area contributed by atoms with Crippen molar-refractivity contribution in [1.82, 2.24) is 10.2 Å². The smallest absolute Gasteiger partial charge is 0.250 e. The Hall–Kier alpha value is -1.45. The summed E-state index contributed by atoms with van der Waals surface area (Å²) in [5.41, 5.74) is 7.65. The molecule has 1 aliphatic carbocycles. The van der Waals surface area contributed by atoms with Crippen LogP contribution in [0.1, 0.15) is 28.0 Å². The van der Waals surface area contributed by atoms with Gasteiger partial charge < -0.3 is 5.73 Å². The summed E-state index contributed by atoms with van der Waals surface area (Å²) in [6.07, 6.45) is 4.33. The topological polar surface area (TPSA) is 68.9 Å². The van der Waals surface area contributed by atoms with Gasteiger partial charge in [-0.15, -0.1) is 0 Å². The first-order valence-corrected chi connectivity index (χ1v) is 3.92. The van der Waals surface area contributed by atoms with E-state index in [1.807, 2.05) is 0 Å². The van der Waals surface area contributed by atoms with Crippen molar-refractivity contribution >= 4 is 5.91 Å². The summed E-state index contributed by atoms with van der Waals surface area (Å²) in [5.74, 6) is -0.400. The molecule has 4 nitrogen and oxygen atoms in total. The predicted molar refractivity (Wildman–Crippen MR) is 42.6 cm³/mol. The molecule has 12 heavy (non-hydrogen) atoms. The first-order chi connectivity index (χ1) is 5.79. The van der Waals surface area contributed by atoms with Crippen molar-refractivity contribution in [2.75, 3.05) is 0 Å². The van der Waals surface area contributed by atoms with Crippen LogP contribution < -0.4 is 5.73 Å². The lowest BCUT2D eigenvalue weighted by Crippen LogP contribution is -2.14. The molecule has 1 aromatic rings. The Morgan fingerprint density at radius 1 is 1.50 bits per heavy atom. The van der Waals surface area contributed by atoms with Crippen LogP contribution in [0, 0.1) is 0 Å². The standard InChI is InChI=1S/C8H9N3O/c9-8(12)6-4-10-11-7-3-1-2-5(6)7/h4H,1-3H2,(H2,9,12). The number of fused-ring (bicyclic) bond motifs is 1. The van der Waals surface area contributed by atoms with Crippen LogP contribution in [-0.4, -0.2) is 16.1 Å². The van der Waals surface area contributed by atoms with Gasteiger partial charge in [0.1, 0.15) is 0 Å². The molecule has 2 rings (SSSR count). The fourth-order valence-electron chi connectivity index (χ4n) is 1.57.